The van der Waals surface area contributed by atoms with E-state index in [4.69, 9.17) is 24.5 Å². The zero-order chi connectivity index (χ0) is 21.3. The van der Waals surface area contributed by atoms with E-state index in [1.807, 2.05) is 0 Å². The fourth-order valence-electron chi connectivity index (χ4n) is 2.79. The van der Waals surface area contributed by atoms with E-state index in [1.54, 1.807) is 23.5 Å². The number of hydrogen-bond acceptors (Lipinski definition) is 6. The molecule has 3 aromatic rings. The molecule has 0 N–H and O–H groups in total. The molecule has 4 nitrogen and oxygen atoms in total. The van der Waals surface area contributed by atoms with Crippen molar-refractivity contribution in [2.75, 3.05) is 0 Å². The van der Waals surface area contributed by atoms with Crippen LogP contribution in [-0.4, -0.2) is 15.7 Å². The van der Waals surface area contributed by atoms with Crippen LogP contribution >= 0.6 is 23.5 Å². The van der Waals surface area contributed by atoms with Crippen molar-refractivity contribution in [1.82, 2.24) is 0 Å². The standard InChI is InChI=1S/C22H20B2O4S2/c23-5-17-7-27-9-19(21(17)25)13-29-11-15-1-2-16(4-3-15)12-30-14-20-10-28-8-18(6-24)22(20)26/h1-4,7-10H,5-6,11-14H2. The minimum atomic E-state index is -0.0327. The van der Waals surface area contributed by atoms with Crippen molar-refractivity contribution in [3.63, 3.8) is 0 Å². The molecule has 0 amide bonds. The van der Waals surface area contributed by atoms with E-state index in [1.165, 1.54) is 36.2 Å². The third kappa shape index (κ3) is 5.99. The summed E-state index contributed by atoms with van der Waals surface area (Å²) in [6.45, 7) is 0. The Morgan fingerprint density at radius 3 is 1.33 bits per heavy atom. The smallest absolute Gasteiger partial charge is 0.191 e. The topological polar surface area (TPSA) is 60.4 Å². The molecular formula is C22H20B2O4S2. The maximum absolute atomic E-state index is 12.2. The van der Waals surface area contributed by atoms with Crippen LogP contribution in [0.15, 0.2) is 67.7 Å². The van der Waals surface area contributed by atoms with Gasteiger partial charge < -0.3 is 8.83 Å². The van der Waals surface area contributed by atoms with E-state index >= 15 is 0 Å². The van der Waals surface area contributed by atoms with E-state index in [-0.39, 0.29) is 23.5 Å². The second-order valence-electron chi connectivity index (χ2n) is 6.71. The molecule has 0 aliphatic heterocycles. The van der Waals surface area contributed by atoms with Crippen LogP contribution in [0.3, 0.4) is 0 Å². The van der Waals surface area contributed by atoms with Gasteiger partial charge in [-0.3, -0.25) is 9.59 Å². The Kier molecular flexibility index (Phi) is 8.58. The minimum absolute atomic E-state index is 0.0327. The molecule has 2 heterocycles. The predicted octanol–water partition coefficient (Wildman–Crippen LogP) is 3.80. The normalized spacial score (nSPS) is 10.9. The summed E-state index contributed by atoms with van der Waals surface area (Å²) in [5.74, 6) is 2.76. The highest BCUT2D eigenvalue weighted by molar-refractivity contribution is 7.98. The average molecular weight is 434 g/mol. The molecular weight excluding hydrogens is 414 g/mol. The van der Waals surface area contributed by atoms with Gasteiger partial charge in [-0.2, -0.15) is 23.5 Å². The summed E-state index contributed by atoms with van der Waals surface area (Å²) in [5.41, 5.74) is 4.58. The second-order valence-corrected chi connectivity index (χ2v) is 8.68. The van der Waals surface area contributed by atoms with Gasteiger partial charge in [0.2, 0.25) is 0 Å². The molecule has 3 rings (SSSR count). The molecule has 30 heavy (non-hydrogen) atoms. The summed E-state index contributed by atoms with van der Waals surface area (Å²) < 4.78 is 10.4. The van der Waals surface area contributed by atoms with Gasteiger partial charge >= 0.3 is 0 Å². The first-order chi connectivity index (χ1) is 14.6. The molecule has 150 valence electrons. The monoisotopic (exact) mass is 434 g/mol. The Balaban J connectivity index is 1.47. The van der Waals surface area contributed by atoms with Gasteiger partial charge in [-0.1, -0.05) is 36.9 Å². The molecule has 8 heteroatoms. The Hall–Kier alpha value is -2.05. The molecule has 0 fully saturated rings. The van der Waals surface area contributed by atoms with Gasteiger partial charge in [0.05, 0.1) is 40.7 Å². The number of thioether (sulfide) groups is 2. The number of hydrogen-bond donors (Lipinski definition) is 0. The highest BCUT2D eigenvalue weighted by Crippen LogP contribution is 2.20. The van der Waals surface area contributed by atoms with Crippen molar-refractivity contribution in [2.24, 2.45) is 0 Å². The summed E-state index contributed by atoms with van der Waals surface area (Å²) in [4.78, 5) is 24.3. The van der Waals surface area contributed by atoms with Gasteiger partial charge in [0, 0.05) is 45.3 Å². The highest BCUT2D eigenvalue weighted by atomic mass is 32.2. The van der Waals surface area contributed by atoms with Crippen LogP contribution in [0.1, 0.15) is 33.4 Å². The maximum atomic E-state index is 12.2. The Morgan fingerprint density at radius 2 is 0.967 bits per heavy atom. The Labute approximate surface area is 186 Å². The van der Waals surface area contributed by atoms with E-state index < -0.39 is 0 Å². The molecule has 0 aliphatic rings. The van der Waals surface area contributed by atoms with Crippen molar-refractivity contribution in [2.45, 2.75) is 35.7 Å². The minimum Gasteiger partial charge on any atom is -0.472 e. The van der Waals surface area contributed by atoms with Crippen LogP contribution < -0.4 is 10.9 Å². The first-order valence-electron chi connectivity index (χ1n) is 9.42. The lowest BCUT2D eigenvalue weighted by Crippen LogP contribution is -2.13. The van der Waals surface area contributed by atoms with Gasteiger partial charge in [0.25, 0.3) is 0 Å². The zero-order valence-electron chi connectivity index (χ0n) is 16.5. The lowest BCUT2D eigenvalue weighted by Gasteiger charge is -2.06. The van der Waals surface area contributed by atoms with Crippen molar-refractivity contribution in [1.29, 1.82) is 0 Å². The summed E-state index contributed by atoms with van der Waals surface area (Å²) in [6, 6.07) is 8.35. The van der Waals surface area contributed by atoms with Gasteiger partial charge in [-0.05, 0) is 11.1 Å². The molecule has 0 atom stereocenters. The van der Waals surface area contributed by atoms with Crippen LogP contribution in [0.2, 0.25) is 0 Å². The quantitative estimate of drug-likeness (QED) is 0.453. The maximum Gasteiger partial charge on any atom is 0.191 e. The molecule has 0 spiro atoms. The van der Waals surface area contributed by atoms with Crippen molar-refractivity contribution in [3.05, 3.63) is 103 Å². The molecule has 4 radical (unpaired) electrons. The highest BCUT2D eigenvalue weighted by Gasteiger charge is 2.07. The van der Waals surface area contributed by atoms with Crippen molar-refractivity contribution in [3.8, 4) is 0 Å². The SMILES string of the molecule is [B]Cc1cocc(CSCc2ccc(CSCc3cocc(C[B])c3=O)cc2)c1=O. The first kappa shape index (κ1) is 22.6. The average Bonchev–Trinajstić information content (AvgIpc) is 2.77. The molecule has 0 bridgehead atoms. The molecule has 0 unspecified atom stereocenters. The molecule has 1 aromatic carbocycles. The predicted molar refractivity (Wildman–Crippen MR) is 125 cm³/mol. The lowest BCUT2D eigenvalue weighted by molar-refractivity contribution is 0.537. The number of benzene rings is 1. The fraction of sp³-hybridized carbons (Fsp3) is 0.273. The van der Waals surface area contributed by atoms with E-state index in [2.05, 4.69) is 24.3 Å². The fourth-order valence-corrected chi connectivity index (χ4v) is 4.69. The second kappa shape index (κ2) is 11.4. The van der Waals surface area contributed by atoms with Gasteiger partial charge in [-0.15, -0.1) is 0 Å². The van der Waals surface area contributed by atoms with E-state index in [0.717, 1.165) is 11.5 Å². The molecule has 0 saturated heterocycles. The summed E-state index contributed by atoms with van der Waals surface area (Å²) >= 11 is 3.31. The zero-order valence-corrected chi connectivity index (χ0v) is 18.1. The summed E-state index contributed by atoms with van der Waals surface area (Å²) in [7, 11) is 11.1. The molecule has 0 saturated carbocycles. The Bertz CT molecular complexity index is 991. The third-order valence-electron chi connectivity index (χ3n) is 4.52. The van der Waals surface area contributed by atoms with E-state index in [9.17, 15) is 9.59 Å². The lowest BCUT2D eigenvalue weighted by atomic mass is 9.98. The number of rotatable bonds is 10. The Morgan fingerprint density at radius 1 is 0.600 bits per heavy atom. The molecule has 0 aliphatic carbocycles. The van der Waals surface area contributed by atoms with Gasteiger partial charge in [0.15, 0.2) is 10.9 Å². The van der Waals surface area contributed by atoms with Gasteiger partial charge in [0.1, 0.15) is 0 Å². The largest absolute Gasteiger partial charge is 0.472 e. The third-order valence-corrected chi connectivity index (χ3v) is 6.63. The van der Waals surface area contributed by atoms with Crippen LogP contribution in [-0.2, 0) is 35.7 Å². The van der Waals surface area contributed by atoms with E-state index in [0.29, 0.717) is 33.8 Å². The van der Waals surface area contributed by atoms with Crippen LogP contribution in [0.5, 0.6) is 0 Å². The van der Waals surface area contributed by atoms with Crippen molar-refractivity contribution >= 4 is 39.2 Å². The van der Waals surface area contributed by atoms with Crippen molar-refractivity contribution < 1.29 is 8.83 Å². The van der Waals surface area contributed by atoms with Gasteiger partial charge in [-0.25, -0.2) is 0 Å². The van der Waals surface area contributed by atoms with Crippen LogP contribution in [0, 0.1) is 0 Å². The van der Waals surface area contributed by atoms with Crippen LogP contribution in [0.25, 0.3) is 0 Å². The van der Waals surface area contributed by atoms with Crippen LogP contribution in [0.4, 0.5) is 0 Å². The first-order valence-corrected chi connectivity index (χ1v) is 11.7. The summed E-state index contributed by atoms with van der Waals surface area (Å²) in [6.07, 6.45) is 6.19. The summed E-state index contributed by atoms with van der Waals surface area (Å²) in [5, 5.41) is 0. The molecule has 2 aromatic heterocycles.